The van der Waals surface area contributed by atoms with Crippen molar-refractivity contribution in [3.8, 4) is 0 Å². The lowest BCUT2D eigenvalue weighted by Gasteiger charge is -2.37. The van der Waals surface area contributed by atoms with E-state index in [1.807, 2.05) is 17.1 Å². The van der Waals surface area contributed by atoms with Gasteiger partial charge in [-0.3, -0.25) is 14.9 Å². The summed E-state index contributed by atoms with van der Waals surface area (Å²) in [4.78, 5) is 24.0. The first-order chi connectivity index (χ1) is 13.6. The van der Waals surface area contributed by atoms with Gasteiger partial charge in [-0.05, 0) is 12.5 Å². The minimum Gasteiger partial charge on any atom is -0.394 e. The number of piperazine rings is 1. The maximum Gasteiger partial charge on any atom is 0.277 e. The Labute approximate surface area is 164 Å². The van der Waals surface area contributed by atoms with Crippen molar-refractivity contribution in [1.29, 1.82) is 0 Å². The van der Waals surface area contributed by atoms with Gasteiger partial charge in [-0.2, -0.15) is 0 Å². The standard InChI is InChI=1S/C20H25N5O3/c1-15-2-4-16(5-3-15)6-7-18(14-26)24-8-10-25(11-9-24)20-21-12-17(13-22-20)19(27)23-28/h2-7,12-13,18,26,28H,8-11,14H2,1H3,(H,23,27)/b7-6+/t18-/m0/s1. The smallest absolute Gasteiger partial charge is 0.277 e. The molecule has 8 nitrogen and oxygen atoms in total. The van der Waals surface area contributed by atoms with E-state index in [4.69, 9.17) is 5.21 Å². The third kappa shape index (κ3) is 4.92. The summed E-state index contributed by atoms with van der Waals surface area (Å²) < 4.78 is 0. The molecule has 148 valence electrons. The summed E-state index contributed by atoms with van der Waals surface area (Å²) in [5.41, 5.74) is 4.10. The summed E-state index contributed by atoms with van der Waals surface area (Å²) >= 11 is 0. The van der Waals surface area contributed by atoms with Gasteiger partial charge in [0.2, 0.25) is 5.95 Å². The first-order valence-electron chi connectivity index (χ1n) is 9.22. The van der Waals surface area contributed by atoms with Crippen molar-refractivity contribution in [3.63, 3.8) is 0 Å². The molecule has 0 saturated carbocycles. The Morgan fingerprint density at radius 3 is 2.39 bits per heavy atom. The highest BCUT2D eigenvalue weighted by atomic mass is 16.5. The molecule has 0 unspecified atom stereocenters. The van der Waals surface area contributed by atoms with E-state index in [9.17, 15) is 9.90 Å². The van der Waals surface area contributed by atoms with Gasteiger partial charge in [0.15, 0.2) is 0 Å². The van der Waals surface area contributed by atoms with E-state index in [2.05, 4.69) is 46.1 Å². The average Bonchev–Trinajstić information content (AvgIpc) is 2.75. The Kier molecular flexibility index (Phi) is 6.70. The first-order valence-corrected chi connectivity index (χ1v) is 9.22. The van der Waals surface area contributed by atoms with Gasteiger partial charge in [0.1, 0.15) is 0 Å². The SMILES string of the molecule is Cc1ccc(/C=C/[C@@H](CO)N2CCN(c3ncc(C(=O)NO)cn3)CC2)cc1. The minimum absolute atomic E-state index is 0.0417. The van der Waals surface area contributed by atoms with Crippen molar-refractivity contribution < 1.29 is 15.1 Å². The second-order valence-corrected chi connectivity index (χ2v) is 6.76. The molecule has 1 amide bonds. The third-order valence-electron chi connectivity index (χ3n) is 4.84. The van der Waals surface area contributed by atoms with E-state index in [-0.39, 0.29) is 18.2 Å². The summed E-state index contributed by atoms with van der Waals surface area (Å²) in [5.74, 6) is -0.0904. The topological polar surface area (TPSA) is 102 Å². The fraction of sp³-hybridized carbons (Fsp3) is 0.350. The number of amides is 1. The molecule has 8 heteroatoms. The van der Waals surface area contributed by atoms with Crippen LogP contribution in [-0.2, 0) is 0 Å². The number of aryl methyl sites for hydroxylation is 1. The Hall–Kier alpha value is -2.81. The highest BCUT2D eigenvalue weighted by Crippen LogP contribution is 2.14. The fourth-order valence-corrected chi connectivity index (χ4v) is 3.12. The molecule has 1 fully saturated rings. The minimum atomic E-state index is -0.637. The number of carbonyl (C=O) groups is 1. The van der Waals surface area contributed by atoms with Crippen LogP contribution >= 0.6 is 0 Å². The Balaban J connectivity index is 1.57. The van der Waals surface area contributed by atoms with E-state index < -0.39 is 5.91 Å². The summed E-state index contributed by atoms with van der Waals surface area (Å²) in [5, 5.41) is 18.4. The zero-order valence-corrected chi connectivity index (χ0v) is 15.8. The van der Waals surface area contributed by atoms with Crippen molar-refractivity contribution in [3.05, 3.63) is 59.4 Å². The molecule has 1 aliphatic rings. The van der Waals surface area contributed by atoms with Crippen molar-refractivity contribution in [1.82, 2.24) is 20.3 Å². The second kappa shape index (κ2) is 9.41. The number of hydroxylamine groups is 1. The van der Waals surface area contributed by atoms with Crippen molar-refractivity contribution >= 4 is 17.9 Å². The molecular weight excluding hydrogens is 358 g/mol. The van der Waals surface area contributed by atoms with Gasteiger partial charge in [-0.25, -0.2) is 15.4 Å². The summed E-state index contributed by atoms with van der Waals surface area (Å²) in [6, 6.07) is 8.23. The van der Waals surface area contributed by atoms with Crippen LogP contribution in [0, 0.1) is 6.92 Å². The maximum absolute atomic E-state index is 11.3. The molecule has 28 heavy (non-hydrogen) atoms. The lowest BCUT2D eigenvalue weighted by Crippen LogP contribution is -2.51. The van der Waals surface area contributed by atoms with E-state index >= 15 is 0 Å². The van der Waals surface area contributed by atoms with Gasteiger partial charge in [0, 0.05) is 38.6 Å². The lowest BCUT2D eigenvalue weighted by molar-refractivity contribution is 0.0705. The highest BCUT2D eigenvalue weighted by molar-refractivity contribution is 5.92. The molecule has 0 bridgehead atoms. The quantitative estimate of drug-likeness (QED) is 0.507. The Morgan fingerprint density at radius 2 is 1.82 bits per heavy atom. The largest absolute Gasteiger partial charge is 0.394 e. The summed E-state index contributed by atoms with van der Waals surface area (Å²) in [6.45, 7) is 5.10. The zero-order valence-electron chi connectivity index (χ0n) is 15.8. The molecule has 1 aliphatic heterocycles. The molecule has 0 spiro atoms. The van der Waals surface area contributed by atoms with E-state index in [1.165, 1.54) is 18.0 Å². The molecule has 0 radical (unpaired) electrons. The Bertz CT molecular complexity index is 800. The van der Waals surface area contributed by atoms with Crippen LogP contribution in [0.1, 0.15) is 21.5 Å². The maximum atomic E-state index is 11.3. The molecule has 3 rings (SSSR count). The number of benzene rings is 1. The number of nitrogens with one attached hydrogen (secondary N) is 1. The molecule has 1 atom stereocenters. The van der Waals surface area contributed by atoms with Gasteiger partial charge in [-0.15, -0.1) is 0 Å². The van der Waals surface area contributed by atoms with E-state index in [0.29, 0.717) is 5.95 Å². The summed E-state index contributed by atoms with van der Waals surface area (Å²) in [6.07, 6.45) is 6.86. The van der Waals surface area contributed by atoms with E-state index in [1.54, 1.807) is 5.48 Å². The number of aliphatic hydroxyl groups is 1. The third-order valence-corrected chi connectivity index (χ3v) is 4.84. The van der Waals surface area contributed by atoms with Crippen LogP contribution in [0.15, 0.2) is 42.7 Å². The molecule has 2 heterocycles. The molecule has 3 N–H and O–H groups in total. The predicted octanol–water partition coefficient (Wildman–Crippen LogP) is 1.10. The molecule has 0 aliphatic carbocycles. The van der Waals surface area contributed by atoms with Crippen molar-refractivity contribution in [2.45, 2.75) is 13.0 Å². The first kappa shape index (κ1) is 19.9. The van der Waals surface area contributed by atoms with Crippen LogP contribution in [0.2, 0.25) is 0 Å². The van der Waals surface area contributed by atoms with Crippen LogP contribution < -0.4 is 10.4 Å². The number of aliphatic hydroxyl groups excluding tert-OH is 1. The highest BCUT2D eigenvalue weighted by Gasteiger charge is 2.23. The number of nitrogens with zero attached hydrogens (tertiary/aromatic N) is 4. The van der Waals surface area contributed by atoms with Crippen LogP contribution in [0.4, 0.5) is 5.95 Å². The predicted molar refractivity (Wildman–Crippen MR) is 106 cm³/mol. The van der Waals surface area contributed by atoms with Crippen LogP contribution in [-0.4, -0.2) is 69.9 Å². The number of hydrogen-bond acceptors (Lipinski definition) is 7. The number of rotatable bonds is 6. The average molecular weight is 383 g/mol. The monoisotopic (exact) mass is 383 g/mol. The summed E-state index contributed by atoms with van der Waals surface area (Å²) in [7, 11) is 0. The van der Waals surface area contributed by atoms with Gasteiger partial charge >= 0.3 is 0 Å². The van der Waals surface area contributed by atoms with Crippen molar-refractivity contribution in [2.24, 2.45) is 0 Å². The number of hydrogen-bond donors (Lipinski definition) is 3. The van der Waals surface area contributed by atoms with Gasteiger partial charge in [0.05, 0.1) is 18.2 Å². The molecule has 1 saturated heterocycles. The number of aromatic nitrogens is 2. The van der Waals surface area contributed by atoms with E-state index in [0.717, 1.165) is 31.7 Å². The van der Waals surface area contributed by atoms with Gasteiger partial charge in [0.25, 0.3) is 5.91 Å². The van der Waals surface area contributed by atoms with Gasteiger partial charge < -0.3 is 10.0 Å². The zero-order chi connectivity index (χ0) is 19.9. The van der Waals surface area contributed by atoms with Crippen LogP contribution in [0.3, 0.4) is 0 Å². The van der Waals surface area contributed by atoms with Crippen LogP contribution in [0.5, 0.6) is 0 Å². The fourth-order valence-electron chi connectivity index (χ4n) is 3.12. The molecular formula is C20H25N5O3. The number of anilines is 1. The Morgan fingerprint density at radius 1 is 1.18 bits per heavy atom. The van der Waals surface area contributed by atoms with Gasteiger partial charge in [-0.1, -0.05) is 42.0 Å². The molecule has 1 aromatic heterocycles. The van der Waals surface area contributed by atoms with Crippen LogP contribution in [0.25, 0.3) is 6.08 Å². The van der Waals surface area contributed by atoms with Crippen molar-refractivity contribution in [2.75, 3.05) is 37.7 Å². The molecule has 2 aromatic rings. The second-order valence-electron chi connectivity index (χ2n) is 6.76. The lowest BCUT2D eigenvalue weighted by atomic mass is 10.1. The number of carbonyl (C=O) groups excluding carboxylic acids is 1. The normalized spacial score (nSPS) is 16.3. The molecule has 1 aromatic carbocycles.